The standard InChI is InChI=1S/C32H29N3/c1-3-11-21(12-4-1)34-28-18-10-8-16-25(28)31-32(34)26-20-19-24-23-15-7-9-17-27(23)33-29(24)30(26)35(31)22-13-5-2-6-14-22/h1-3,5,8,10-11,13,15-18,33H,4,6-7,9,12,14,19-20H2. The van der Waals surface area contributed by atoms with Gasteiger partial charge in [-0.05, 0) is 80.4 Å². The normalized spacial score (nSPS) is 18.5. The fraction of sp³-hybridized carbons (Fsp3) is 0.250. The molecule has 0 aliphatic heterocycles. The van der Waals surface area contributed by atoms with E-state index < -0.39 is 0 Å². The number of aromatic nitrogens is 3. The molecular weight excluding hydrogens is 426 g/mol. The number of hydrogen-bond acceptors (Lipinski definition) is 0. The molecule has 0 saturated heterocycles. The highest BCUT2D eigenvalue weighted by molar-refractivity contribution is 6.13. The zero-order valence-corrected chi connectivity index (χ0v) is 20.0. The van der Waals surface area contributed by atoms with Crippen LogP contribution in [0.3, 0.4) is 0 Å². The minimum Gasteiger partial charge on any atom is -0.353 e. The van der Waals surface area contributed by atoms with Crippen LogP contribution in [0, 0.1) is 0 Å². The monoisotopic (exact) mass is 455 g/mol. The molecule has 1 aromatic carbocycles. The SMILES string of the molecule is C1=CCCC(n2c3c(c4c2c2ccccc2n4C2=CC=CCC2)CCc2c-3[nH]c3c2=CCCC=3)=C1. The maximum absolute atomic E-state index is 3.90. The molecule has 0 fully saturated rings. The number of aromatic amines is 1. The van der Waals surface area contributed by atoms with Gasteiger partial charge in [-0.1, -0.05) is 54.7 Å². The van der Waals surface area contributed by atoms with Crippen LogP contribution in [0.5, 0.6) is 0 Å². The van der Waals surface area contributed by atoms with Gasteiger partial charge < -0.3 is 14.1 Å². The molecule has 8 rings (SSSR count). The van der Waals surface area contributed by atoms with E-state index in [1.165, 1.54) is 66.4 Å². The van der Waals surface area contributed by atoms with Crippen molar-refractivity contribution in [3.63, 3.8) is 0 Å². The smallest absolute Gasteiger partial charge is 0.0798 e. The lowest BCUT2D eigenvalue weighted by atomic mass is 9.93. The fourth-order valence-electron chi connectivity index (χ4n) is 6.86. The van der Waals surface area contributed by atoms with E-state index in [2.05, 4.69) is 87.0 Å². The number of aryl methyl sites for hydroxylation is 1. The molecule has 4 aliphatic carbocycles. The molecule has 0 atom stereocenters. The highest BCUT2D eigenvalue weighted by Crippen LogP contribution is 2.46. The van der Waals surface area contributed by atoms with Crippen LogP contribution in [0.15, 0.2) is 60.7 Å². The average molecular weight is 456 g/mol. The number of rotatable bonds is 2. The van der Waals surface area contributed by atoms with E-state index in [1.54, 1.807) is 0 Å². The van der Waals surface area contributed by atoms with Crippen molar-refractivity contribution in [1.82, 2.24) is 14.1 Å². The molecule has 3 heteroatoms. The van der Waals surface area contributed by atoms with Gasteiger partial charge in [0.15, 0.2) is 0 Å². The maximum Gasteiger partial charge on any atom is 0.0798 e. The van der Waals surface area contributed by atoms with Gasteiger partial charge in [0.05, 0.1) is 27.9 Å². The van der Waals surface area contributed by atoms with Gasteiger partial charge in [0.25, 0.3) is 0 Å². The molecule has 0 saturated carbocycles. The van der Waals surface area contributed by atoms with Gasteiger partial charge >= 0.3 is 0 Å². The molecule has 3 heterocycles. The Bertz CT molecular complexity index is 1790. The Balaban J connectivity index is 1.57. The van der Waals surface area contributed by atoms with Crippen LogP contribution in [0.25, 0.3) is 56.9 Å². The largest absolute Gasteiger partial charge is 0.353 e. The van der Waals surface area contributed by atoms with Crippen LogP contribution in [-0.4, -0.2) is 14.1 Å². The summed E-state index contributed by atoms with van der Waals surface area (Å²) in [5.74, 6) is 0. The number of para-hydroxylation sites is 1. The molecule has 172 valence electrons. The summed E-state index contributed by atoms with van der Waals surface area (Å²) in [5.41, 5.74) is 12.7. The summed E-state index contributed by atoms with van der Waals surface area (Å²) in [4.78, 5) is 3.90. The Kier molecular flexibility index (Phi) is 4.13. The van der Waals surface area contributed by atoms with E-state index in [0.717, 1.165) is 51.4 Å². The fourth-order valence-corrected chi connectivity index (χ4v) is 6.86. The summed E-state index contributed by atoms with van der Waals surface area (Å²) in [5, 5.41) is 4.15. The molecule has 0 spiro atoms. The number of nitrogens with zero attached hydrogens (tertiary/aromatic N) is 2. The molecule has 1 N–H and O–H groups in total. The molecule has 4 aromatic rings. The number of benzene rings is 1. The third-order valence-electron chi connectivity index (χ3n) is 8.33. The van der Waals surface area contributed by atoms with Crippen LogP contribution in [-0.2, 0) is 12.8 Å². The number of nitrogens with one attached hydrogen (secondary N) is 1. The first-order valence-electron chi connectivity index (χ1n) is 13.2. The highest BCUT2D eigenvalue weighted by atomic mass is 15.1. The average Bonchev–Trinajstić information content (AvgIpc) is 3.57. The second-order valence-corrected chi connectivity index (χ2v) is 10.3. The van der Waals surface area contributed by atoms with Gasteiger partial charge in [-0.15, -0.1) is 0 Å². The van der Waals surface area contributed by atoms with Crippen LogP contribution < -0.4 is 10.6 Å². The topological polar surface area (TPSA) is 25.6 Å². The maximum atomic E-state index is 3.90. The minimum absolute atomic E-state index is 1.08. The van der Waals surface area contributed by atoms with E-state index in [-0.39, 0.29) is 0 Å². The second kappa shape index (κ2) is 7.39. The third kappa shape index (κ3) is 2.67. The Morgan fingerprint density at radius 3 is 2.23 bits per heavy atom. The molecule has 3 aromatic heterocycles. The Hall–Kier alpha value is -3.72. The quantitative estimate of drug-likeness (QED) is 0.361. The molecule has 3 nitrogen and oxygen atoms in total. The summed E-state index contributed by atoms with van der Waals surface area (Å²) in [7, 11) is 0. The minimum atomic E-state index is 1.08. The van der Waals surface area contributed by atoms with E-state index in [0.29, 0.717) is 0 Å². The van der Waals surface area contributed by atoms with E-state index in [1.807, 2.05) is 0 Å². The Morgan fingerprint density at radius 2 is 1.43 bits per heavy atom. The van der Waals surface area contributed by atoms with E-state index >= 15 is 0 Å². The van der Waals surface area contributed by atoms with Crippen molar-refractivity contribution in [1.29, 1.82) is 0 Å². The number of fused-ring (bicyclic) bond motifs is 9. The molecule has 0 radical (unpaired) electrons. The van der Waals surface area contributed by atoms with Gasteiger partial charge in [-0.3, -0.25) is 0 Å². The zero-order valence-electron chi connectivity index (χ0n) is 20.0. The molecule has 35 heavy (non-hydrogen) atoms. The lowest BCUT2D eigenvalue weighted by Gasteiger charge is -2.21. The van der Waals surface area contributed by atoms with Crippen LogP contribution in [0.1, 0.15) is 49.7 Å². The van der Waals surface area contributed by atoms with Gasteiger partial charge in [-0.2, -0.15) is 0 Å². The van der Waals surface area contributed by atoms with Crippen molar-refractivity contribution in [2.45, 2.75) is 51.4 Å². The van der Waals surface area contributed by atoms with Crippen molar-refractivity contribution in [3.05, 3.63) is 82.4 Å². The molecule has 4 aliphatic rings. The van der Waals surface area contributed by atoms with Gasteiger partial charge in [0, 0.05) is 27.7 Å². The predicted molar refractivity (Wildman–Crippen MR) is 147 cm³/mol. The Labute approximate surface area is 204 Å². The predicted octanol–water partition coefficient (Wildman–Crippen LogP) is 6.43. The molecule has 0 amide bonds. The third-order valence-corrected chi connectivity index (χ3v) is 8.33. The summed E-state index contributed by atoms with van der Waals surface area (Å²) >= 11 is 0. The summed E-state index contributed by atoms with van der Waals surface area (Å²) in [6, 6.07) is 9.04. The first kappa shape index (κ1) is 19.6. The first-order chi connectivity index (χ1) is 17.4. The number of allylic oxidation sites excluding steroid dienone is 8. The Morgan fingerprint density at radius 1 is 0.686 bits per heavy atom. The van der Waals surface area contributed by atoms with Crippen molar-refractivity contribution < 1.29 is 0 Å². The first-order valence-corrected chi connectivity index (χ1v) is 13.2. The number of hydrogen-bond donors (Lipinski definition) is 1. The van der Waals surface area contributed by atoms with Gasteiger partial charge in [0.2, 0.25) is 0 Å². The number of H-pyrrole nitrogens is 1. The summed E-state index contributed by atoms with van der Waals surface area (Å²) in [6.45, 7) is 0. The van der Waals surface area contributed by atoms with Crippen LogP contribution >= 0.6 is 0 Å². The molecule has 0 unspecified atom stereocenters. The summed E-state index contributed by atoms with van der Waals surface area (Å²) in [6.07, 6.45) is 27.4. The molecular formula is C32H29N3. The van der Waals surface area contributed by atoms with E-state index in [9.17, 15) is 0 Å². The summed E-state index contributed by atoms with van der Waals surface area (Å²) < 4.78 is 5.22. The zero-order chi connectivity index (χ0) is 22.9. The van der Waals surface area contributed by atoms with Gasteiger partial charge in [0.1, 0.15) is 0 Å². The van der Waals surface area contributed by atoms with Crippen molar-refractivity contribution >= 4 is 45.5 Å². The lowest BCUT2D eigenvalue weighted by molar-refractivity contribution is 0.906. The van der Waals surface area contributed by atoms with Crippen LogP contribution in [0.2, 0.25) is 0 Å². The van der Waals surface area contributed by atoms with Gasteiger partial charge in [-0.25, -0.2) is 0 Å². The van der Waals surface area contributed by atoms with Crippen LogP contribution in [0.4, 0.5) is 0 Å². The molecule has 0 bridgehead atoms. The van der Waals surface area contributed by atoms with Crippen molar-refractivity contribution in [2.24, 2.45) is 0 Å². The van der Waals surface area contributed by atoms with E-state index in [4.69, 9.17) is 0 Å². The lowest BCUT2D eigenvalue weighted by Crippen LogP contribution is -2.27. The highest BCUT2D eigenvalue weighted by Gasteiger charge is 2.32. The van der Waals surface area contributed by atoms with Crippen molar-refractivity contribution in [2.75, 3.05) is 0 Å². The van der Waals surface area contributed by atoms with Crippen molar-refractivity contribution in [3.8, 4) is 11.4 Å². The second-order valence-electron chi connectivity index (χ2n) is 10.3.